The van der Waals surface area contributed by atoms with Crippen LogP contribution in [0.1, 0.15) is 11.1 Å². The molecule has 5 heteroatoms. The lowest BCUT2D eigenvalue weighted by atomic mass is 10.1. The summed E-state index contributed by atoms with van der Waals surface area (Å²) >= 11 is 0. The number of carbonyl (C=O) groups excluding carboxylic acids is 1. The molecule has 0 spiro atoms. The van der Waals surface area contributed by atoms with Gasteiger partial charge in [-0.3, -0.25) is 14.9 Å². The van der Waals surface area contributed by atoms with E-state index >= 15 is 0 Å². The van der Waals surface area contributed by atoms with Crippen LogP contribution in [0.2, 0.25) is 0 Å². The molecule has 0 aromatic heterocycles. The van der Waals surface area contributed by atoms with Gasteiger partial charge >= 0.3 is 0 Å². The average Bonchev–Trinajstić information content (AvgIpc) is 2.09. The van der Waals surface area contributed by atoms with Gasteiger partial charge in [-0.1, -0.05) is 0 Å². The first-order valence-corrected chi connectivity index (χ1v) is 4.02. The van der Waals surface area contributed by atoms with Crippen molar-refractivity contribution < 1.29 is 9.72 Å². The minimum Gasteiger partial charge on any atom is -0.328 e. The molecule has 5 nitrogen and oxygen atoms in total. The van der Waals surface area contributed by atoms with Gasteiger partial charge in [0.15, 0.2) is 0 Å². The number of amides is 1. The Morgan fingerprint density at radius 3 is 2.50 bits per heavy atom. The predicted molar refractivity (Wildman–Crippen MR) is 52.3 cm³/mol. The van der Waals surface area contributed by atoms with Gasteiger partial charge in [0, 0.05) is 11.6 Å². The topological polar surface area (TPSA) is 72.2 Å². The minimum absolute atomic E-state index is 0.0138. The van der Waals surface area contributed by atoms with Crippen LogP contribution in [0.5, 0.6) is 0 Å². The highest BCUT2D eigenvalue weighted by molar-refractivity contribution is 5.75. The Labute approximate surface area is 80.9 Å². The van der Waals surface area contributed by atoms with Crippen LogP contribution in [0.25, 0.3) is 0 Å². The summed E-state index contributed by atoms with van der Waals surface area (Å²) in [7, 11) is 0. The molecular weight excluding hydrogens is 184 g/mol. The third kappa shape index (κ3) is 1.87. The lowest BCUT2D eigenvalue weighted by Crippen LogP contribution is -1.99. The van der Waals surface area contributed by atoms with E-state index in [4.69, 9.17) is 0 Å². The molecule has 0 fully saturated rings. The third-order valence-corrected chi connectivity index (χ3v) is 1.95. The van der Waals surface area contributed by atoms with Gasteiger partial charge in [0.2, 0.25) is 6.41 Å². The van der Waals surface area contributed by atoms with Crippen molar-refractivity contribution in [2.45, 2.75) is 13.8 Å². The fourth-order valence-electron chi connectivity index (χ4n) is 1.26. The zero-order valence-corrected chi connectivity index (χ0v) is 7.90. The molecule has 0 atom stereocenters. The van der Waals surface area contributed by atoms with Gasteiger partial charge < -0.3 is 5.32 Å². The van der Waals surface area contributed by atoms with E-state index in [1.807, 2.05) is 0 Å². The molecule has 0 aliphatic heterocycles. The summed E-state index contributed by atoms with van der Waals surface area (Å²) in [6.07, 6.45) is 0.501. The summed E-state index contributed by atoms with van der Waals surface area (Å²) in [5, 5.41) is 13.0. The van der Waals surface area contributed by atoms with Crippen LogP contribution < -0.4 is 5.32 Å². The average molecular weight is 194 g/mol. The fraction of sp³-hybridized carbons (Fsp3) is 0.222. The van der Waals surface area contributed by atoms with Crippen molar-refractivity contribution in [2.24, 2.45) is 0 Å². The zero-order chi connectivity index (χ0) is 10.7. The second kappa shape index (κ2) is 3.87. The molecule has 1 rings (SSSR count). The lowest BCUT2D eigenvalue weighted by Gasteiger charge is -2.05. The molecule has 0 bridgehead atoms. The third-order valence-electron chi connectivity index (χ3n) is 1.95. The number of aryl methyl sites for hydroxylation is 2. The van der Waals surface area contributed by atoms with E-state index in [-0.39, 0.29) is 5.69 Å². The summed E-state index contributed by atoms with van der Waals surface area (Å²) in [6.45, 7) is 3.44. The standard InChI is InChI=1S/C9H10N2O3/c1-6-3-7(2)9(11(13)14)4-8(6)10-5-12/h3-5H,1-2H3,(H,10,12). The van der Waals surface area contributed by atoms with Crippen molar-refractivity contribution in [2.75, 3.05) is 5.32 Å². The second-order valence-electron chi connectivity index (χ2n) is 2.97. The number of rotatable bonds is 3. The van der Waals surface area contributed by atoms with E-state index in [0.717, 1.165) is 5.56 Å². The van der Waals surface area contributed by atoms with Gasteiger partial charge in [0.1, 0.15) is 0 Å². The summed E-state index contributed by atoms with van der Waals surface area (Å²) in [5.74, 6) is 0. The molecule has 1 aromatic carbocycles. The van der Waals surface area contributed by atoms with Crippen LogP contribution in [-0.4, -0.2) is 11.3 Å². The van der Waals surface area contributed by atoms with Crippen LogP contribution >= 0.6 is 0 Å². The Bertz CT molecular complexity index is 388. The summed E-state index contributed by atoms with van der Waals surface area (Å²) in [5.41, 5.74) is 1.88. The van der Waals surface area contributed by atoms with Gasteiger partial charge in [-0.15, -0.1) is 0 Å². The number of nitro groups is 1. The van der Waals surface area contributed by atoms with Crippen molar-refractivity contribution in [3.05, 3.63) is 33.4 Å². The predicted octanol–water partition coefficient (Wildman–Crippen LogP) is 1.78. The Morgan fingerprint density at radius 1 is 1.36 bits per heavy atom. The highest BCUT2D eigenvalue weighted by Crippen LogP contribution is 2.25. The first-order chi connectivity index (χ1) is 6.56. The minimum atomic E-state index is -0.468. The van der Waals surface area contributed by atoms with Crippen LogP contribution in [0, 0.1) is 24.0 Å². The van der Waals surface area contributed by atoms with Gasteiger partial charge in [-0.2, -0.15) is 0 Å². The number of hydrogen-bond acceptors (Lipinski definition) is 3. The summed E-state index contributed by atoms with van der Waals surface area (Å²) in [6, 6.07) is 3.03. The Morgan fingerprint density at radius 2 is 2.00 bits per heavy atom. The molecule has 0 saturated carbocycles. The number of nitro benzene ring substituents is 1. The van der Waals surface area contributed by atoms with Crippen molar-refractivity contribution in [3.63, 3.8) is 0 Å². The first-order valence-electron chi connectivity index (χ1n) is 4.02. The number of carbonyl (C=O) groups is 1. The van der Waals surface area contributed by atoms with E-state index in [0.29, 0.717) is 17.7 Å². The number of nitrogens with zero attached hydrogens (tertiary/aromatic N) is 1. The van der Waals surface area contributed by atoms with E-state index < -0.39 is 4.92 Å². The molecule has 0 aliphatic rings. The fourth-order valence-corrected chi connectivity index (χ4v) is 1.26. The van der Waals surface area contributed by atoms with Crippen molar-refractivity contribution in [1.82, 2.24) is 0 Å². The lowest BCUT2D eigenvalue weighted by molar-refractivity contribution is -0.385. The maximum Gasteiger partial charge on any atom is 0.274 e. The van der Waals surface area contributed by atoms with Crippen molar-refractivity contribution in [1.29, 1.82) is 0 Å². The highest BCUT2D eigenvalue weighted by atomic mass is 16.6. The SMILES string of the molecule is Cc1cc(C)c([N+](=O)[O-])cc1NC=O. The van der Waals surface area contributed by atoms with Crippen molar-refractivity contribution in [3.8, 4) is 0 Å². The van der Waals surface area contributed by atoms with E-state index in [2.05, 4.69) is 5.32 Å². The zero-order valence-electron chi connectivity index (χ0n) is 7.90. The monoisotopic (exact) mass is 194 g/mol. The Balaban J connectivity index is 3.26. The summed E-state index contributed by atoms with van der Waals surface area (Å²) < 4.78 is 0. The number of anilines is 1. The molecule has 0 aliphatic carbocycles. The largest absolute Gasteiger partial charge is 0.328 e. The first kappa shape index (κ1) is 10.2. The molecule has 0 radical (unpaired) electrons. The maximum absolute atomic E-state index is 10.6. The Hall–Kier alpha value is -1.91. The molecule has 0 heterocycles. The van der Waals surface area contributed by atoms with Crippen LogP contribution in [-0.2, 0) is 4.79 Å². The van der Waals surface area contributed by atoms with Gasteiger partial charge in [0.05, 0.1) is 10.6 Å². The van der Waals surface area contributed by atoms with E-state index in [9.17, 15) is 14.9 Å². The molecule has 0 unspecified atom stereocenters. The molecule has 0 saturated heterocycles. The van der Waals surface area contributed by atoms with Gasteiger partial charge in [0.25, 0.3) is 5.69 Å². The highest BCUT2D eigenvalue weighted by Gasteiger charge is 2.12. The van der Waals surface area contributed by atoms with Crippen molar-refractivity contribution >= 4 is 17.8 Å². The number of benzene rings is 1. The molecular formula is C9H10N2O3. The smallest absolute Gasteiger partial charge is 0.274 e. The Kier molecular flexibility index (Phi) is 2.81. The maximum atomic E-state index is 10.6. The van der Waals surface area contributed by atoms with Gasteiger partial charge in [-0.25, -0.2) is 0 Å². The molecule has 14 heavy (non-hydrogen) atoms. The van der Waals surface area contributed by atoms with E-state index in [1.54, 1.807) is 19.9 Å². The van der Waals surface area contributed by atoms with Crippen LogP contribution in [0.3, 0.4) is 0 Å². The second-order valence-corrected chi connectivity index (χ2v) is 2.97. The number of hydrogen-bond donors (Lipinski definition) is 1. The van der Waals surface area contributed by atoms with E-state index in [1.165, 1.54) is 6.07 Å². The quantitative estimate of drug-likeness (QED) is 0.453. The normalized spacial score (nSPS) is 9.57. The van der Waals surface area contributed by atoms with Crippen LogP contribution in [0.4, 0.5) is 11.4 Å². The van der Waals surface area contributed by atoms with Gasteiger partial charge in [-0.05, 0) is 25.5 Å². The summed E-state index contributed by atoms with van der Waals surface area (Å²) in [4.78, 5) is 20.3. The van der Waals surface area contributed by atoms with Crippen LogP contribution in [0.15, 0.2) is 12.1 Å². The number of nitrogens with one attached hydrogen (secondary N) is 1. The molecule has 1 aromatic rings. The molecule has 1 N–H and O–H groups in total. The molecule has 74 valence electrons. The molecule has 1 amide bonds.